The number of H-pyrrole nitrogens is 1. The fourth-order valence-corrected chi connectivity index (χ4v) is 3.66. The smallest absolute Gasteiger partial charge is 0.133 e. The van der Waals surface area contributed by atoms with Gasteiger partial charge in [-0.3, -0.25) is 0 Å². The van der Waals surface area contributed by atoms with Crippen LogP contribution in [0.15, 0.2) is 30.3 Å². The molecule has 0 aliphatic carbocycles. The lowest BCUT2D eigenvalue weighted by molar-refractivity contribution is 0.455. The normalized spacial score (nSPS) is 18.0. The number of imidazole rings is 1. The van der Waals surface area contributed by atoms with Gasteiger partial charge < -0.3 is 15.6 Å². The maximum atomic E-state index is 5.71. The van der Waals surface area contributed by atoms with E-state index in [-0.39, 0.29) is 6.04 Å². The molecular formula is C19H24N6. The number of anilines is 1. The molecule has 1 unspecified atom stereocenters. The van der Waals surface area contributed by atoms with Crippen molar-refractivity contribution in [2.45, 2.75) is 38.6 Å². The Balaban J connectivity index is 1.71. The third-order valence-electron chi connectivity index (χ3n) is 4.80. The van der Waals surface area contributed by atoms with Gasteiger partial charge in [0.25, 0.3) is 0 Å². The summed E-state index contributed by atoms with van der Waals surface area (Å²) < 4.78 is 0. The Morgan fingerprint density at radius 3 is 2.92 bits per heavy atom. The third-order valence-corrected chi connectivity index (χ3v) is 4.80. The maximum absolute atomic E-state index is 5.71. The number of hydrogen-bond acceptors (Lipinski definition) is 5. The zero-order valence-corrected chi connectivity index (χ0v) is 14.6. The van der Waals surface area contributed by atoms with E-state index in [1.807, 2.05) is 19.1 Å². The van der Waals surface area contributed by atoms with Crippen LogP contribution in [0.3, 0.4) is 0 Å². The molecule has 0 saturated carbocycles. The predicted octanol–water partition coefficient (Wildman–Crippen LogP) is 2.89. The first-order chi connectivity index (χ1) is 12.2. The molecule has 1 aliphatic rings. The average molecular weight is 336 g/mol. The van der Waals surface area contributed by atoms with E-state index < -0.39 is 0 Å². The molecule has 0 radical (unpaired) electrons. The topological polar surface area (TPSA) is 83.7 Å². The molecule has 0 spiro atoms. The average Bonchev–Trinajstić information content (AvgIpc) is 3.05. The minimum Gasteiger partial charge on any atom is -0.346 e. The summed E-state index contributed by atoms with van der Waals surface area (Å²) in [5.74, 6) is 2.81. The van der Waals surface area contributed by atoms with E-state index in [0.717, 1.165) is 53.6 Å². The van der Waals surface area contributed by atoms with Gasteiger partial charge in [0.2, 0.25) is 0 Å². The standard InChI is InChI=1S/C19H24N6/c1-13-21-14(9-10-20)12-18(22-13)25-11-5-4-8-17(25)19-23-15-6-2-3-7-16(15)24-19/h2-3,6-7,12,17H,4-5,8-11,20H2,1H3,(H,23,24). The Bertz CT molecular complexity index is 838. The van der Waals surface area contributed by atoms with Crippen LogP contribution in [0.5, 0.6) is 0 Å². The van der Waals surface area contributed by atoms with Gasteiger partial charge >= 0.3 is 0 Å². The molecule has 6 nitrogen and oxygen atoms in total. The first kappa shape index (κ1) is 16.0. The molecule has 25 heavy (non-hydrogen) atoms. The molecule has 0 amide bonds. The molecule has 3 heterocycles. The molecule has 1 fully saturated rings. The molecular weight excluding hydrogens is 312 g/mol. The van der Waals surface area contributed by atoms with Gasteiger partial charge in [0, 0.05) is 24.7 Å². The number of rotatable bonds is 4. The number of hydrogen-bond donors (Lipinski definition) is 2. The van der Waals surface area contributed by atoms with Crippen molar-refractivity contribution in [2.24, 2.45) is 5.73 Å². The van der Waals surface area contributed by atoms with E-state index in [2.05, 4.69) is 33.1 Å². The van der Waals surface area contributed by atoms with Crippen molar-refractivity contribution in [1.82, 2.24) is 19.9 Å². The summed E-state index contributed by atoms with van der Waals surface area (Å²) in [5.41, 5.74) is 8.83. The van der Waals surface area contributed by atoms with E-state index in [1.165, 1.54) is 12.8 Å². The van der Waals surface area contributed by atoms with Gasteiger partial charge in [-0.2, -0.15) is 0 Å². The molecule has 4 rings (SSSR count). The van der Waals surface area contributed by atoms with Crippen LogP contribution < -0.4 is 10.6 Å². The van der Waals surface area contributed by atoms with Gasteiger partial charge in [0.15, 0.2) is 0 Å². The fraction of sp³-hybridized carbons (Fsp3) is 0.421. The van der Waals surface area contributed by atoms with Crippen LogP contribution in [-0.4, -0.2) is 33.0 Å². The number of aryl methyl sites for hydroxylation is 1. The van der Waals surface area contributed by atoms with Gasteiger partial charge in [-0.1, -0.05) is 12.1 Å². The second kappa shape index (κ2) is 6.80. The second-order valence-corrected chi connectivity index (χ2v) is 6.65. The lowest BCUT2D eigenvalue weighted by atomic mass is 10.0. The van der Waals surface area contributed by atoms with Crippen molar-refractivity contribution in [1.29, 1.82) is 0 Å². The highest BCUT2D eigenvalue weighted by atomic mass is 15.2. The fourth-order valence-electron chi connectivity index (χ4n) is 3.66. The van der Waals surface area contributed by atoms with Crippen LogP contribution in [-0.2, 0) is 6.42 Å². The molecule has 1 aliphatic heterocycles. The number of aromatic amines is 1. The zero-order chi connectivity index (χ0) is 17.2. The van der Waals surface area contributed by atoms with Gasteiger partial charge in [0.05, 0.1) is 17.1 Å². The van der Waals surface area contributed by atoms with Crippen molar-refractivity contribution in [3.63, 3.8) is 0 Å². The Labute approximate surface area is 147 Å². The van der Waals surface area contributed by atoms with Crippen LogP contribution in [0.4, 0.5) is 5.82 Å². The second-order valence-electron chi connectivity index (χ2n) is 6.65. The minimum absolute atomic E-state index is 0.223. The lowest BCUT2D eigenvalue weighted by Crippen LogP contribution is -2.35. The molecule has 6 heteroatoms. The van der Waals surface area contributed by atoms with Gasteiger partial charge in [-0.05, 0) is 44.9 Å². The molecule has 1 aromatic carbocycles. The van der Waals surface area contributed by atoms with Crippen LogP contribution in [0.1, 0.15) is 42.6 Å². The Kier molecular flexibility index (Phi) is 4.36. The van der Waals surface area contributed by atoms with Crippen molar-refractivity contribution in [2.75, 3.05) is 18.0 Å². The number of nitrogens with two attached hydrogens (primary N) is 1. The number of fused-ring (bicyclic) bond motifs is 1. The SMILES string of the molecule is Cc1nc(CCN)cc(N2CCCCC2c2nc3ccccc3[nH]2)n1. The zero-order valence-electron chi connectivity index (χ0n) is 14.6. The Hall–Kier alpha value is -2.47. The maximum Gasteiger partial charge on any atom is 0.133 e. The van der Waals surface area contributed by atoms with Crippen LogP contribution >= 0.6 is 0 Å². The summed E-state index contributed by atoms with van der Waals surface area (Å²) in [6.07, 6.45) is 4.23. The summed E-state index contributed by atoms with van der Waals surface area (Å²) in [5, 5.41) is 0. The van der Waals surface area contributed by atoms with Crippen molar-refractivity contribution >= 4 is 16.9 Å². The van der Waals surface area contributed by atoms with Gasteiger partial charge in [0.1, 0.15) is 17.5 Å². The highest BCUT2D eigenvalue weighted by Gasteiger charge is 2.28. The number of piperidine rings is 1. The quantitative estimate of drug-likeness (QED) is 0.765. The third kappa shape index (κ3) is 3.22. The lowest BCUT2D eigenvalue weighted by Gasteiger charge is -2.35. The Morgan fingerprint density at radius 2 is 2.08 bits per heavy atom. The first-order valence-corrected chi connectivity index (χ1v) is 9.00. The van der Waals surface area contributed by atoms with E-state index in [9.17, 15) is 0 Å². The molecule has 0 bridgehead atoms. The largest absolute Gasteiger partial charge is 0.346 e. The van der Waals surface area contributed by atoms with Crippen molar-refractivity contribution in [3.8, 4) is 0 Å². The van der Waals surface area contributed by atoms with Crippen LogP contribution in [0, 0.1) is 6.92 Å². The number of para-hydroxylation sites is 2. The summed E-state index contributed by atoms with van der Waals surface area (Å²) >= 11 is 0. The number of benzene rings is 1. The molecule has 3 N–H and O–H groups in total. The van der Waals surface area contributed by atoms with Crippen LogP contribution in [0.2, 0.25) is 0 Å². The van der Waals surface area contributed by atoms with Crippen molar-refractivity contribution < 1.29 is 0 Å². The molecule has 1 saturated heterocycles. The summed E-state index contributed by atoms with van der Waals surface area (Å²) in [4.78, 5) is 19.9. The number of nitrogens with one attached hydrogen (secondary N) is 1. The highest BCUT2D eigenvalue weighted by molar-refractivity contribution is 5.75. The van der Waals surface area contributed by atoms with E-state index >= 15 is 0 Å². The molecule has 3 aromatic rings. The minimum atomic E-state index is 0.223. The van der Waals surface area contributed by atoms with Crippen molar-refractivity contribution in [3.05, 3.63) is 47.7 Å². The molecule has 130 valence electrons. The number of aromatic nitrogens is 4. The summed E-state index contributed by atoms with van der Waals surface area (Å²) in [6, 6.07) is 10.5. The monoisotopic (exact) mass is 336 g/mol. The van der Waals surface area contributed by atoms with E-state index in [1.54, 1.807) is 0 Å². The van der Waals surface area contributed by atoms with Gasteiger partial charge in [-0.15, -0.1) is 0 Å². The number of nitrogens with zero attached hydrogens (tertiary/aromatic N) is 4. The van der Waals surface area contributed by atoms with E-state index in [4.69, 9.17) is 15.7 Å². The summed E-state index contributed by atoms with van der Waals surface area (Å²) in [7, 11) is 0. The first-order valence-electron chi connectivity index (χ1n) is 9.00. The predicted molar refractivity (Wildman–Crippen MR) is 99.6 cm³/mol. The molecule has 1 atom stereocenters. The highest BCUT2D eigenvalue weighted by Crippen LogP contribution is 2.34. The van der Waals surface area contributed by atoms with E-state index in [0.29, 0.717) is 6.54 Å². The summed E-state index contributed by atoms with van der Waals surface area (Å²) in [6.45, 7) is 3.53. The van der Waals surface area contributed by atoms with Gasteiger partial charge in [-0.25, -0.2) is 15.0 Å². The Morgan fingerprint density at radius 1 is 1.20 bits per heavy atom. The van der Waals surface area contributed by atoms with Crippen LogP contribution in [0.25, 0.3) is 11.0 Å². The molecule has 2 aromatic heterocycles.